The predicted octanol–water partition coefficient (Wildman–Crippen LogP) is 2.86. The SMILES string of the molecule is CCc1oc2ccccc2c1CC(=O)C(C#N)C(=O)c1nccn1C. The second-order valence-electron chi connectivity index (χ2n) is 5.78. The van der Waals surface area contributed by atoms with Crippen LogP contribution < -0.4 is 0 Å². The van der Waals surface area contributed by atoms with Crippen molar-refractivity contribution in [2.45, 2.75) is 19.8 Å². The largest absolute Gasteiger partial charge is 0.461 e. The number of hydrogen-bond acceptors (Lipinski definition) is 5. The number of carbonyl (C=O) groups is 2. The highest BCUT2D eigenvalue weighted by Crippen LogP contribution is 2.27. The molecule has 126 valence electrons. The molecular formula is C19H17N3O3. The molecular weight excluding hydrogens is 318 g/mol. The van der Waals surface area contributed by atoms with Crippen molar-refractivity contribution in [3.63, 3.8) is 0 Å². The molecule has 0 aliphatic carbocycles. The summed E-state index contributed by atoms with van der Waals surface area (Å²) in [5.41, 5.74) is 1.45. The van der Waals surface area contributed by atoms with Crippen LogP contribution in [0.5, 0.6) is 0 Å². The molecule has 0 amide bonds. The van der Waals surface area contributed by atoms with Gasteiger partial charge in [0.25, 0.3) is 0 Å². The summed E-state index contributed by atoms with van der Waals surface area (Å²) in [5.74, 6) is -1.59. The Labute approximate surface area is 144 Å². The Morgan fingerprint density at radius 3 is 2.76 bits per heavy atom. The number of Topliss-reactive ketones (excluding diaryl/α,β-unsaturated/α-hetero) is 2. The molecule has 3 rings (SSSR count). The quantitative estimate of drug-likeness (QED) is 0.510. The van der Waals surface area contributed by atoms with Crippen LogP contribution in [0.4, 0.5) is 0 Å². The summed E-state index contributed by atoms with van der Waals surface area (Å²) in [7, 11) is 1.65. The maximum atomic E-state index is 12.7. The van der Waals surface area contributed by atoms with E-state index >= 15 is 0 Å². The molecule has 6 nitrogen and oxygen atoms in total. The minimum Gasteiger partial charge on any atom is -0.461 e. The van der Waals surface area contributed by atoms with Gasteiger partial charge in [-0.3, -0.25) is 9.59 Å². The van der Waals surface area contributed by atoms with Crippen LogP contribution in [0.15, 0.2) is 41.1 Å². The number of hydrogen-bond donors (Lipinski definition) is 0. The molecule has 0 bridgehead atoms. The second kappa shape index (κ2) is 6.73. The Kier molecular flexibility index (Phi) is 4.48. The lowest BCUT2D eigenvalue weighted by atomic mass is 9.93. The number of imidazole rings is 1. The van der Waals surface area contributed by atoms with E-state index in [2.05, 4.69) is 4.98 Å². The van der Waals surface area contributed by atoms with Gasteiger partial charge in [-0.25, -0.2) is 4.98 Å². The topological polar surface area (TPSA) is 88.9 Å². The van der Waals surface area contributed by atoms with Gasteiger partial charge in [-0.1, -0.05) is 25.1 Å². The molecule has 0 saturated carbocycles. The number of benzene rings is 1. The molecule has 0 saturated heterocycles. The zero-order valence-corrected chi connectivity index (χ0v) is 14.0. The van der Waals surface area contributed by atoms with Crippen LogP contribution in [-0.2, 0) is 24.7 Å². The van der Waals surface area contributed by atoms with E-state index in [0.29, 0.717) is 17.8 Å². The molecule has 0 N–H and O–H groups in total. The maximum absolute atomic E-state index is 12.7. The minimum absolute atomic E-state index is 0.0193. The zero-order chi connectivity index (χ0) is 18.0. The van der Waals surface area contributed by atoms with Crippen molar-refractivity contribution in [3.8, 4) is 6.07 Å². The maximum Gasteiger partial charge on any atom is 0.222 e. The van der Waals surface area contributed by atoms with E-state index in [4.69, 9.17) is 4.42 Å². The van der Waals surface area contributed by atoms with Crippen LogP contribution in [0.3, 0.4) is 0 Å². The molecule has 0 spiro atoms. The number of nitrogens with zero attached hydrogens (tertiary/aromatic N) is 3. The zero-order valence-electron chi connectivity index (χ0n) is 14.0. The molecule has 2 heterocycles. The smallest absolute Gasteiger partial charge is 0.222 e. The van der Waals surface area contributed by atoms with Gasteiger partial charge in [0.15, 0.2) is 17.5 Å². The molecule has 2 aromatic heterocycles. The number of rotatable bonds is 6. The van der Waals surface area contributed by atoms with E-state index in [1.807, 2.05) is 37.3 Å². The van der Waals surface area contributed by atoms with Gasteiger partial charge in [-0.2, -0.15) is 5.26 Å². The first kappa shape index (κ1) is 16.7. The van der Waals surface area contributed by atoms with Crippen molar-refractivity contribution in [2.75, 3.05) is 0 Å². The number of carbonyl (C=O) groups excluding carboxylic acids is 2. The van der Waals surface area contributed by atoms with E-state index in [0.717, 1.165) is 10.9 Å². The normalized spacial score (nSPS) is 12.0. The van der Waals surface area contributed by atoms with Gasteiger partial charge in [0, 0.05) is 43.2 Å². The Morgan fingerprint density at radius 2 is 2.12 bits per heavy atom. The van der Waals surface area contributed by atoms with Crippen LogP contribution in [0, 0.1) is 17.2 Å². The van der Waals surface area contributed by atoms with Gasteiger partial charge in [0.05, 0.1) is 6.07 Å². The minimum atomic E-state index is -1.38. The molecule has 3 aromatic rings. The van der Waals surface area contributed by atoms with Gasteiger partial charge in [0.1, 0.15) is 11.3 Å². The fraction of sp³-hybridized carbons (Fsp3) is 0.263. The first-order chi connectivity index (χ1) is 12.1. The number of ketones is 2. The van der Waals surface area contributed by atoms with Crippen molar-refractivity contribution in [3.05, 3.63) is 53.8 Å². The summed E-state index contributed by atoms with van der Waals surface area (Å²) in [6, 6.07) is 9.27. The number of nitriles is 1. The lowest BCUT2D eigenvalue weighted by Crippen LogP contribution is -2.26. The lowest BCUT2D eigenvalue weighted by Gasteiger charge is -2.08. The first-order valence-corrected chi connectivity index (χ1v) is 8.00. The van der Waals surface area contributed by atoms with Crippen molar-refractivity contribution < 1.29 is 14.0 Å². The lowest BCUT2D eigenvalue weighted by molar-refractivity contribution is -0.119. The Hall–Kier alpha value is -3.20. The number of furan rings is 1. The van der Waals surface area contributed by atoms with Gasteiger partial charge in [-0.15, -0.1) is 0 Å². The predicted molar refractivity (Wildman–Crippen MR) is 90.9 cm³/mol. The third kappa shape index (κ3) is 2.96. The van der Waals surface area contributed by atoms with Gasteiger partial charge in [-0.05, 0) is 6.07 Å². The highest BCUT2D eigenvalue weighted by Gasteiger charge is 2.31. The molecule has 1 aromatic carbocycles. The average molecular weight is 335 g/mol. The monoisotopic (exact) mass is 335 g/mol. The van der Waals surface area contributed by atoms with Gasteiger partial charge in [0.2, 0.25) is 5.78 Å². The third-order valence-electron chi connectivity index (χ3n) is 4.21. The van der Waals surface area contributed by atoms with Crippen molar-refractivity contribution >= 4 is 22.5 Å². The number of fused-ring (bicyclic) bond motifs is 1. The summed E-state index contributed by atoms with van der Waals surface area (Å²) in [6.45, 7) is 1.94. The fourth-order valence-corrected chi connectivity index (χ4v) is 2.91. The van der Waals surface area contributed by atoms with Crippen LogP contribution in [0.1, 0.15) is 28.9 Å². The molecule has 0 fully saturated rings. The van der Waals surface area contributed by atoms with Crippen molar-refractivity contribution in [2.24, 2.45) is 13.0 Å². The van der Waals surface area contributed by atoms with Gasteiger partial charge < -0.3 is 8.98 Å². The third-order valence-corrected chi connectivity index (χ3v) is 4.21. The molecule has 6 heteroatoms. The van der Waals surface area contributed by atoms with Gasteiger partial charge >= 0.3 is 0 Å². The Morgan fingerprint density at radius 1 is 1.36 bits per heavy atom. The molecule has 0 aliphatic rings. The first-order valence-electron chi connectivity index (χ1n) is 8.00. The summed E-state index contributed by atoms with van der Waals surface area (Å²) in [5, 5.41) is 10.2. The molecule has 1 unspecified atom stereocenters. The summed E-state index contributed by atoms with van der Waals surface area (Å²) in [6.07, 6.45) is 3.67. The van der Waals surface area contributed by atoms with Crippen LogP contribution in [0.25, 0.3) is 11.0 Å². The van der Waals surface area contributed by atoms with E-state index in [-0.39, 0.29) is 12.2 Å². The molecule has 25 heavy (non-hydrogen) atoms. The van der Waals surface area contributed by atoms with E-state index in [9.17, 15) is 14.9 Å². The molecule has 0 aliphatic heterocycles. The fourth-order valence-electron chi connectivity index (χ4n) is 2.91. The van der Waals surface area contributed by atoms with Crippen molar-refractivity contribution in [1.29, 1.82) is 5.26 Å². The Bertz CT molecular complexity index is 991. The van der Waals surface area contributed by atoms with Crippen LogP contribution in [0.2, 0.25) is 0 Å². The second-order valence-corrected chi connectivity index (χ2v) is 5.78. The average Bonchev–Trinajstić information content (AvgIpc) is 3.19. The number of para-hydroxylation sites is 1. The van der Waals surface area contributed by atoms with Crippen LogP contribution >= 0.6 is 0 Å². The highest BCUT2D eigenvalue weighted by atomic mass is 16.3. The Balaban J connectivity index is 1.92. The summed E-state index contributed by atoms with van der Waals surface area (Å²) in [4.78, 5) is 29.1. The number of aryl methyl sites for hydroxylation is 2. The standard InChI is InChI=1S/C19H17N3O3/c1-3-16-13(12-6-4-5-7-17(12)25-16)10-15(23)14(11-20)18(24)19-21-8-9-22(19)2/h4-9,14H,3,10H2,1-2H3. The van der Waals surface area contributed by atoms with Crippen molar-refractivity contribution in [1.82, 2.24) is 9.55 Å². The highest BCUT2D eigenvalue weighted by molar-refractivity contribution is 6.12. The number of aromatic nitrogens is 2. The molecule has 0 radical (unpaired) electrons. The molecule has 1 atom stereocenters. The van der Waals surface area contributed by atoms with E-state index in [1.54, 1.807) is 13.2 Å². The van der Waals surface area contributed by atoms with E-state index < -0.39 is 17.5 Å². The van der Waals surface area contributed by atoms with Crippen LogP contribution in [-0.4, -0.2) is 21.1 Å². The summed E-state index contributed by atoms with van der Waals surface area (Å²) < 4.78 is 7.28. The summed E-state index contributed by atoms with van der Waals surface area (Å²) >= 11 is 0. The van der Waals surface area contributed by atoms with E-state index in [1.165, 1.54) is 10.8 Å².